The van der Waals surface area contributed by atoms with Gasteiger partial charge in [0, 0.05) is 9.99 Å². The summed E-state index contributed by atoms with van der Waals surface area (Å²) in [4.78, 5) is 25.0. The Hall–Kier alpha value is -2.67. The number of hydrogen-bond donors (Lipinski definition) is 2. The molecule has 3 aromatic rings. The summed E-state index contributed by atoms with van der Waals surface area (Å²) in [6.45, 7) is 0. The zero-order chi connectivity index (χ0) is 19.7. The minimum absolute atomic E-state index is 0.246. The van der Waals surface area contributed by atoms with Crippen LogP contribution in [-0.4, -0.2) is 23.0 Å². The highest BCUT2D eigenvalue weighted by molar-refractivity contribution is 14.1. The van der Waals surface area contributed by atoms with Gasteiger partial charge in [-0.15, -0.1) is 0 Å². The van der Waals surface area contributed by atoms with Crippen molar-refractivity contribution in [2.24, 2.45) is 0 Å². The van der Waals surface area contributed by atoms with Crippen LogP contribution in [0.25, 0.3) is 11.1 Å². The fraction of sp³-hybridized carbons (Fsp3) is 0.130. The molecule has 0 aromatic heterocycles. The lowest BCUT2D eigenvalue weighted by molar-refractivity contribution is -0.141. The molecule has 0 saturated heterocycles. The molecule has 1 atom stereocenters. The Morgan fingerprint density at radius 1 is 0.893 bits per heavy atom. The minimum Gasteiger partial charge on any atom is -0.480 e. The summed E-state index contributed by atoms with van der Waals surface area (Å²) in [5, 5.41) is 12.5. The van der Waals surface area contributed by atoms with Crippen molar-refractivity contribution in [3.63, 3.8) is 0 Å². The first kappa shape index (κ1) is 18.7. The number of halogens is 1. The highest BCUT2D eigenvalue weighted by atomic mass is 127. The molecule has 0 radical (unpaired) electrons. The van der Waals surface area contributed by atoms with Gasteiger partial charge in [0.2, 0.25) is 5.91 Å². The Morgan fingerprint density at radius 2 is 1.43 bits per heavy atom. The first-order chi connectivity index (χ1) is 13.6. The topological polar surface area (TPSA) is 66.4 Å². The average molecular weight is 483 g/mol. The van der Waals surface area contributed by atoms with Crippen LogP contribution in [0, 0.1) is 3.57 Å². The third kappa shape index (κ3) is 3.42. The fourth-order valence-electron chi connectivity index (χ4n) is 3.78. The molecular formula is C23H18INO3. The normalized spacial score (nSPS) is 13.5. The zero-order valence-electron chi connectivity index (χ0n) is 14.9. The Morgan fingerprint density at radius 3 is 2.00 bits per heavy atom. The predicted octanol–water partition coefficient (Wildman–Crippen LogP) is 4.22. The molecule has 0 unspecified atom stereocenters. The average Bonchev–Trinajstić information content (AvgIpc) is 3.03. The van der Waals surface area contributed by atoms with Crippen LogP contribution in [0.5, 0.6) is 0 Å². The zero-order valence-corrected chi connectivity index (χ0v) is 17.1. The highest BCUT2D eigenvalue weighted by Crippen LogP contribution is 2.44. The van der Waals surface area contributed by atoms with Crippen LogP contribution >= 0.6 is 22.6 Å². The second kappa shape index (κ2) is 7.75. The number of carbonyl (C=O) groups is 2. The maximum absolute atomic E-state index is 13.2. The number of hydrogen-bond acceptors (Lipinski definition) is 2. The molecule has 140 valence electrons. The van der Waals surface area contributed by atoms with E-state index in [1.807, 2.05) is 72.8 Å². The molecule has 4 rings (SSSR count). The lowest BCUT2D eigenvalue weighted by atomic mass is 9.95. The molecule has 0 heterocycles. The predicted molar refractivity (Wildman–Crippen MR) is 116 cm³/mol. The van der Waals surface area contributed by atoms with Crippen LogP contribution in [0.4, 0.5) is 0 Å². The van der Waals surface area contributed by atoms with E-state index in [1.54, 1.807) is 0 Å². The molecule has 0 fully saturated rings. The molecule has 0 saturated carbocycles. The Balaban J connectivity index is 1.63. The van der Waals surface area contributed by atoms with Gasteiger partial charge in [-0.3, -0.25) is 4.79 Å². The van der Waals surface area contributed by atoms with Crippen molar-refractivity contribution in [2.75, 3.05) is 0 Å². The van der Waals surface area contributed by atoms with E-state index in [2.05, 4.69) is 27.9 Å². The molecule has 5 heteroatoms. The highest BCUT2D eigenvalue weighted by Gasteiger charge is 2.35. The second-order valence-electron chi connectivity index (χ2n) is 6.80. The molecule has 0 spiro atoms. The SMILES string of the molecule is O=C(N[C@@H](Cc1ccccc1I)C(=O)O)C1c2ccccc2-c2ccccc21. The maximum Gasteiger partial charge on any atom is 0.326 e. The van der Waals surface area contributed by atoms with Gasteiger partial charge in [-0.25, -0.2) is 4.79 Å². The molecule has 1 aliphatic rings. The number of aliphatic carboxylic acids is 1. The van der Waals surface area contributed by atoms with Crippen molar-refractivity contribution in [1.29, 1.82) is 0 Å². The van der Waals surface area contributed by atoms with Crippen LogP contribution in [0.15, 0.2) is 72.8 Å². The standard InChI is InChI=1S/C23H18INO3/c24-19-12-6-1-7-14(19)13-20(23(27)28)25-22(26)21-17-10-4-2-8-15(17)16-9-3-5-11-18(16)21/h1-12,20-21H,13H2,(H,25,26)(H,27,28)/t20-/m0/s1. The van der Waals surface area contributed by atoms with Gasteiger partial charge in [-0.1, -0.05) is 66.7 Å². The third-order valence-corrected chi connectivity index (χ3v) is 6.14. The molecular weight excluding hydrogens is 465 g/mol. The van der Waals surface area contributed by atoms with E-state index < -0.39 is 17.9 Å². The lowest BCUT2D eigenvalue weighted by Gasteiger charge is -2.19. The van der Waals surface area contributed by atoms with Gasteiger partial charge in [-0.05, 0) is 56.5 Å². The molecule has 2 N–H and O–H groups in total. The molecule has 28 heavy (non-hydrogen) atoms. The van der Waals surface area contributed by atoms with Gasteiger partial charge in [-0.2, -0.15) is 0 Å². The Bertz CT molecular complexity index is 1020. The Labute approximate surface area is 176 Å². The number of amides is 1. The number of benzene rings is 3. The van der Waals surface area contributed by atoms with E-state index in [4.69, 9.17) is 0 Å². The quantitative estimate of drug-likeness (QED) is 0.535. The minimum atomic E-state index is -1.03. The number of fused-ring (bicyclic) bond motifs is 3. The van der Waals surface area contributed by atoms with E-state index in [9.17, 15) is 14.7 Å². The monoisotopic (exact) mass is 483 g/mol. The molecule has 4 nitrogen and oxygen atoms in total. The van der Waals surface area contributed by atoms with Gasteiger partial charge in [0.1, 0.15) is 6.04 Å². The lowest BCUT2D eigenvalue weighted by Crippen LogP contribution is -2.44. The second-order valence-corrected chi connectivity index (χ2v) is 7.96. The molecule has 1 aliphatic carbocycles. The van der Waals surface area contributed by atoms with Crippen LogP contribution in [-0.2, 0) is 16.0 Å². The summed E-state index contributed by atoms with van der Waals surface area (Å²) in [5.41, 5.74) is 4.80. The molecule has 0 aliphatic heterocycles. The molecule has 0 bridgehead atoms. The first-order valence-electron chi connectivity index (χ1n) is 9.01. The van der Waals surface area contributed by atoms with E-state index in [1.165, 1.54) is 0 Å². The van der Waals surface area contributed by atoms with E-state index in [0.717, 1.165) is 31.4 Å². The van der Waals surface area contributed by atoms with E-state index in [0.29, 0.717) is 0 Å². The summed E-state index contributed by atoms with van der Waals surface area (Å²) < 4.78 is 0.983. The summed E-state index contributed by atoms with van der Waals surface area (Å²) in [5.74, 6) is -1.81. The number of rotatable bonds is 5. The number of carbonyl (C=O) groups excluding carboxylic acids is 1. The van der Waals surface area contributed by atoms with Crippen molar-refractivity contribution < 1.29 is 14.7 Å². The van der Waals surface area contributed by atoms with Crippen LogP contribution in [0.2, 0.25) is 0 Å². The van der Waals surface area contributed by atoms with Gasteiger partial charge < -0.3 is 10.4 Å². The summed E-state index contributed by atoms with van der Waals surface area (Å²) in [7, 11) is 0. The van der Waals surface area contributed by atoms with Crippen molar-refractivity contribution in [1.82, 2.24) is 5.32 Å². The van der Waals surface area contributed by atoms with Gasteiger partial charge in [0.05, 0.1) is 5.92 Å². The summed E-state index contributed by atoms with van der Waals surface area (Å²) in [6, 6.07) is 22.2. The smallest absolute Gasteiger partial charge is 0.326 e. The maximum atomic E-state index is 13.2. The van der Waals surface area contributed by atoms with Gasteiger partial charge >= 0.3 is 5.97 Å². The van der Waals surface area contributed by atoms with Gasteiger partial charge in [0.25, 0.3) is 0 Å². The van der Waals surface area contributed by atoms with Crippen LogP contribution in [0.1, 0.15) is 22.6 Å². The van der Waals surface area contributed by atoms with E-state index >= 15 is 0 Å². The van der Waals surface area contributed by atoms with Crippen molar-refractivity contribution in [3.8, 4) is 11.1 Å². The molecule has 3 aromatic carbocycles. The van der Waals surface area contributed by atoms with Crippen molar-refractivity contribution in [2.45, 2.75) is 18.4 Å². The summed E-state index contributed by atoms with van der Waals surface area (Å²) in [6.07, 6.45) is 0.246. The van der Waals surface area contributed by atoms with Crippen LogP contribution in [0.3, 0.4) is 0 Å². The summed E-state index contributed by atoms with van der Waals surface area (Å²) >= 11 is 2.18. The first-order valence-corrected chi connectivity index (χ1v) is 10.1. The van der Waals surface area contributed by atoms with E-state index in [-0.39, 0.29) is 12.3 Å². The number of carboxylic acids is 1. The molecule has 1 amide bonds. The van der Waals surface area contributed by atoms with Gasteiger partial charge in [0.15, 0.2) is 0 Å². The largest absolute Gasteiger partial charge is 0.480 e. The fourth-order valence-corrected chi connectivity index (χ4v) is 4.38. The van der Waals surface area contributed by atoms with Crippen LogP contribution < -0.4 is 5.32 Å². The number of carboxylic acid groups (broad SMARTS) is 1. The van der Waals surface area contributed by atoms with Crippen molar-refractivity contribution >= 4 is 34.5 Å². The van der Waals surface area contributed by atoms with Crippen molar-refractivity contribution in [3.05, 3.63) is 93.1 Å². The third-order valence-electron chi connectivity index (χ3n) is 5.09. The number of nitrogens with one attached hydrogen (secondary N) is 1. The Kier molecular flexibility index (Phi) is 5.17.